The minimum absolute atomic E-state index is 0.0391. The molecule has 6 nitrogen and oxygen atoms in total. The van der Waals surface area contributed by atoms with Crippen molar-refractivity contribution in [3.63, 3.8) is 0 Å². The van der Waals surface area contributed by atoms with E-state index in [0.29, 0.717) is 12.3 Å². The number of anilines is 1. The fourth-order valence-electron chi connectivity index (χ4n) is 1.70. The van der Waals surface area contributed by atoms with Gasteiger partial charge in [-0.05, 0) is 30.0 Å². The number of nitrogens with one attached hydrogen (secondary N) is 1. The van der Waals surface area contributed by atoms with Crippen molar-refractivity contribution in [2.45, 2.75) is 25.2 Å². The Kier molecular flexibility index (Phi) is 5.72. The van der Waals surface area contributed by atoms with Gasteiger partial charge in [-0.15, -0.1) is 0 Å². The van der Waals surface area contributed by atoms with Gasteiger partial charge in [-0.2, -0.15) is 5.26 Å². The predicted octanol–water partition coefficient (Wildman–Crippen LogP) is 1.48. The molecular formula is C14H21N3O3S. The van der Waals surface area contributed by atoms with E-state index in [-0.39, 0.29) is 22.4 Å². The number of sulfonamides is 1. The third-order valence-corrected chi connectivity index (χ3v) is 4.60. The van der Waals surface area contributed by atoms with Gasteiger partial charge in [0.2, 0.25) is 10.0 Å². The molecule has 0 saturated carbocycles. The van der Waals surface area contributed by atoms with Crippen LogP contribution in [0.15, 0.2) is 23.1 Å². The fourth-order valence-corrected chi connectivity index (χ4v) is 3.08. The lowest BCUT2D eigenvalue weighted by molar-refractivity contribution is 0.153. The zero-order valence-electron chi connectivity index (χ0n) is 12.5. The molecule has 0 aromatic heterocycles. The largest absolute Gasteiger partial charge is 0.399 e. The monoisotopic (exact) mass is 311 g/mol. The Hall–Kier alpha value is -1.62. The maximum atomic E-state index is 12.3. The van der Waals surface area contributed by atoms with Crippen LogP contribution in [-0.2, 0) is 14.8 Å². The van der Waals surface area contributed by atoms with Gasteiger partial charge < -0.3 is 10.5 Å². The van der Waals surface area contributed by atoms with Crippen LogP contribution in [0.4, 0.5) is 5.69 Å². The normalized spacial score (nSPS) is 12.1. The minimum Gasteiger partial charge on any atom is -0.399 e. The number of methoxy groups -OCH3 is 1. The highest BCUT2D eigenvalue weighted by molar-refractivity contribution is 7.89. The lowest BCUT2D eigenvalue weighted by Gasteiger charge is -2.24. The molecule has 0 heterocycles. The predicted molar refractivity (Wildman–Crippen MR) is 81.0 cm³/mol. The van der Waals surface area contributed by atoms with Crippen molar-refractivity contribution in [2.75, 3.05) is 26.0 Å². The third kappa shape index (κ3) is 5.01. The number of nitrogens with two attached hydrogens (primary N) is 1. The van der Waals surface area contributed by atoms with Crippen molar-refractivity contribution in [3.05, 3.63) is 23.8 Å². The summed E-state index contributed by atoms with van der Waals surface area (Å²) in [6.45, 7) is 4.71. The molecule has 0 bridgehead atoms. The van der Waals surface area contributed by atoms with Gasteiger partial charge in [0, 0.05) is 25.9 Å². The second kappa shape index (κ2) is 6.89. The highest BCUT2D eigenvalue weighted by atomic mass is 32.2. The van der Waals surface area contributed by atoms with Gasteiger partial charge in [0.15, 0.2) is 0 Å². The SMILES string of the molecule is COCCC(C)(C)CNS(=O)(=O)c1ccc(N)cc1C#N. The fraction of sp³-hybridized carbons (Fsp3) is 0.500. The van der Waals surface area contributed by atoms with Gasteiger partial charge >= 0.3 is 0 Å². The molecule has 0 aliphatic carbocycles. The summed E-state index contributed by atoms with van der Waals surface area (Å²) in [6, 6.07) is 6.02. The van der Waals surface area contributed by atoms with Crippen LogP contribution in [0.25, 0.3) is 0 Å². The molecule has 0 radical (unpaired) electrons. The molecule has 7 heteroatoms. The van der Waals surface area contributed by atoms with Crippen LogP contribution in [0.3, 0.4) is 0 Å². The summed E-state index contributed by atoms with van der Waals surface area (Å²) in [5, 5.41) is 9.04. The Bertz CT molecular complexity index is 633. The molecule has 116 valence electrons. The number of hydrogen-bond donors (Lipinski definition) is 2. The van der Waals surface area contributed by atoms with Crippen molar-refractivity contribution in [1.82, 2.24) is 4.72 Å². The Labute approximate surface area is 126 Å². The van der Waals surface area contributed by atoms with E-state index in [4.69, 9.17) is 15.7 Å². The second-order valence-electron chi connectivity index (χ2n) is 5.60. The summed E-state index contributed by atoms with van der Waals surface area (Å²) in [5.74, 6) is 0. The lowest BCUT2D eigenvalue weighted by atomic mass is 9.90. The van der Waals surface area contributed by atoms with Crippen molar-refractivity contribution < 1.29 is 13.2 Å². The number of rotatable bonds is 7. The number of nitrogen functional groups attached to an aromatic ring is 1. The summed E-state index contributed by atoms with van der Waals surface area (Å²) in [6.07, 6.45) is 0.721. The molecule has 1 rings (SSSR count). The van der Waals surface area contributed by atoms with Crippen LogP contribution >= 0.6 is 0 Å². The zero-order chi connectivity index (χ0) is 16.1. The molecular weight excluding hydrogens is 290 g/mol. The maximum absolute atomic E-state index is 12.3. The van der Waals surface area contributed by atoms with Crippen LogP contribution in [0.1, 0.15) is 25.8 Å². The Morgan fingerprint density at radius 1 is 1.43 bits per heavy atom. The number of hydrogen-bond acceptors (Lipinski definition) is 5. The summed E-state index contributed by atoms with van der Waals surface area (Å²) in [4.78, 5) is -0.0539. The summed E-state index contributed by atoms with van der Waals surface area (Å²) >= 11 is 0. The van der Waals surface area contributed by atoms with E-state index in [1.807, 2.05) is 19.9 Å². The molecule has 0 amide bonds. The Morgan fingerprint density at radius 2 is 2.10 bits per heavy atom. The minimum atomic E-state index is -3.75. The van der Waals surface area contributed by atoms with Crippen molar-refractivity contribution in [3.8, 4) is 6.07 Å². The molecule has 0 aliphatic heterocycles. The first-order valence-corrected chi connectivity index (χ1v) is 7.98. The first-order valence-electron chi connectivity index (χ1n) is 6.50. The van der Waals surface area contributed by atoms with Gasteiger partial charge in [-0.3, -0.25) is 0 Å². The third-order valence-electron chi connectivity index (χ3n) is 3.14. The average molecular weight is 311 g/mol. The summed E-state index contributed by atoms with van der Waals surface area (Å²) in [7, 11) is -2.14. The van der Waals surface area contributed by atoms with Crippen molar-refractivity contribution in [2.24, 2.45) is 5.41 Å². The average Bonchev–Trinajstić information content (AvgIpc) is 2.43. The van der Waals surface area contributed by atoms with Gasteiger partial charge in [-0.1, -0.05) is 13.8 Å². The summed E-state index contributed by atoms with van der Waals surface area (Å²) < 4.78 is 32.2. The molecule has 0 saturated heterocycles. The summed E-state index contributed by atoms with van der Waals surface area (Å²) in [5.41, 5.74) is 5.71. The molecule has 0 unspecified atom stereocenters. The number of nitrogens with zero attached hydrogens (tertiary/aromatic N) is 1. The van der Waals surface area contributed by atoms with E-state index >= 15 is 0 Å². The standard InChI is InChI=1S/C14H21N3O3S/c1-14(2,6-7-20-3)10-17-21(18,19)13-5-4-12(16)8-11(13)9-15/h4-5,8,17H,6-7,10,16H2,1-3H3. The molecule has 1 aromatic carbocycles. The molecule has 1 aromatic rings. The zero-order valence-corrected chi connectivity index (χ0v) is 13.3. The number of benzene rings is 1. The number of ether oxygens (including phenoxy) is 1. The molecule has 21 heavy (non-hydrogen) atoms. The van der Waals surface area contributed by atoms with Crippen LogP contribution in [0.5, 0.6) is 0 Å². The van der Waals surface area contributed by atoms with E-state index < -0.39 is 10.0 Å². The van der Waals surface area contributed by atoms with E-state index in [2.05, 4.69) is 4.72 Å². The quantitative estimate of drug-likeness (QED) is 0.742. The molecule has 0 fully saturated rings. The highest BCUT2D eigenvalue weighted by Crippen LogP contribution is 2.22. The van der Waals surface area contributed by atoms with E-state index in [1.54, 1.807) is 7.11 Å². The van der Waals surface area contributed by atoms with Crippen LogP contribution in [0.2, 0.25) is 0 Å². The number of nitriles is 1. The maximum Gasteiger partial charge on any atom is 0.241 e. The van der Waals surface area contributed by atoms with E-state index in [9.17, 15) is 8.42 Å². The van der Waals surface area contributed by atoms with E-state index in [0.717, 1.165) is 6.42 Å². The smallest absolute Gasteiger partial charge is 0.241 e. The van der Waals surface area contributed by atoms with Gasteiger partial charge in [-0.25, -0.2) is 13.1 Å². The van der Waals surface area contributed by atoms with Crippen molar-refractivity contribution >= 4 is 15.7 Å². The van der Waals surface area contributed by atoms with E-state index in [1.165, 1.54) is 18.2 Å². The molecule has 0 aliphatic rings. The van der Waals surface area contributed by atoms with Crippen LogP contribution < -0.4 is 10.5 Å². The van der Waals surface area contributed by atoms with Crippen molar-refractivity contribution in [1.29, 1.82) is 5.26 Å². The highest BCUT2D eigenvalue weighted by Gasteiger charge is 2.24. The first kappa shape index (κ1) is 17.4. The van der Waals surface area contributed by atoms with Gasteiger partial charge in [0.05, 0.1) is 10.5 Å². The Balaban J connectivity index is 2.91. The lowest BCUT2D eigenvalue weighted by Crippen LogP contribution is -2.35. The second-order valence-corrected chi connectivity index (χ2v) is 7.33. The molecule has 0 spiro atoms. The first-order chi connectivity index (χ1) is 9.72. The van der Waals surface area contributed by atoms with Gasteiger partial charge in [0.1, 0.15) is 6.07 Å². The topological polar surface area (TPSA) is 105 Å². The molecule has 3 N–H and O–H groups in total. The van der Waals surface area contributed by atoms with Crippen LogP contribution in [0, 0.1) is 16.7 Å². The Morgan fingerprint density at radius 3 is 2.67 bits per heavy atom. The van der Waals surface area contributed by atoms with Gasteiger partial charge in [0.25, 0.3) is 0 Å². The molecule has 0 atom stereocenters. The van der Waals surface area contributed by atoms with Crippen LogP contribution in [-0.4, -0.2) is 28.7 Å².